The number of ether oxygens (including phenoxy) is 1. The van der Waals surface area contributed by atoms with E-state index in [9.17, 15) is 4.79 Å². The van der Waals surface area contributed by atoms with E-state index >= 15 is 0 Å². The average Bonchev–Trinajstić information content (AvgIpc) is 2.29. The third kappa shape index (κ3) is 2.93. The zero-order valence-corrected chi connectivity index (χ0v) is 8.06. The largest absolute Gasteiger partial charge is 0.465 e. The minimum atomic E-state index is -0.553. The maximum Gasteiger partial charge on any atom is 0.343 e. The van der Waals surface area contributed by atoms with Gasteiger partial charge in [0.15, 0.2) is 5.82 Å². The van der Waals surface area contributed by atoms with Gasteiger partial charge in [-0.25, -0.2) is 20.2 Å². The molecule has 0 saturated heterocycles. The standard InChI is InChI=1S/C9H9N3O3/c1-3-4-15-12-8-7(9(13)14-2)5-10-6-11-8/h1,5-6H,4H2,2H3,(H,10,11,12). The lowest BCUT2D eigenvalue weighted by Gasteiger charge is -2.06. The Kier molecular flexibility index (Phi) is 4.06. The number of esters is 1. The minimum Gasteiger partial charge on any atom is -0.465 e. The molecule has 1 heterocycles. The number of terminal acetylenes is 1. The summed E-state index contributed by atoms with van der Waals surface area (Å²) in [6.45, 7) is 0.0601. The molecule has 0 aliphatic heterocycles. The first-order valence-electron chi connectivity index (χ1n) is 3.99. The van der Waals surface area contributed by atoms with Crippen molar-refractivity contribution in [3.63, 3.8) is 0 Å². The Hall–Kier alpha value is -2.13. The quantitative estimate of drug-likeness (QED) is 0.330. The van der Waals surface area contributed by atoms with Gasteiger partial charge in [0.05, 0.1) is 7.11 Å². The predicted octanol–water partition coefficient (Wildman–Crippen LogP) is 0.240. The molecule has 78 valence electrons. The van der Waals surface area contributed by atoms with Gasteiger partial charge in [-0.15, -0.1) is 6.42 Å². The van der Waals surface area contributed by atoms with Crippen molar-refractivity contribution in [3.8, 4) is 12.3 Å². The Bertz CT molecular complexity index is 386. The summed E-state index contributed by atoms with van der Waals surface area (Å²) in [5.41, 5.74) is 2.61. The van der Waals surface area contributed by atoms with E-state index < -0.39 is 5.97 Å². The van der Waals surface area contributed by atoms with Gasteiger partial charge in [0.2, 0.25) is 0 Å². The summed E-state index contributed by atoms with van der Waals surface area (Å²) in [5.74, 6) is 1.92. The van der Waals surface area contributed by atoms with Crippen LogP contribution in [0.4, 0.5) is 5.82 Å². The molecule has 0 saturated carbocycles. The predicted molar refractivity (Wildman–Crippen MR) is 51.8 cm³/mol. The van der Waals surface area contributed by atoms with Crippen molar-refractivity contribution < 1.29 is 14.4 Å². The molecule has 6 heteroatoms. The fourth-order valence-corrected chi connectivity index (χ4v) is 0.816. The van der Waals surface area contributed by atoms with Crippen LogP contribution in [0.5, 0.6) is 0 Å². The second-order valence-electron chi connectivity index (χ2n) is 2.37. The Labute approximate surface area is 86.6 Å². The maximum absolute atomic E-state index is 11.2. The molecule has 15 heavy (non-hydrogen) atoms. The van der Waals surface area contributed by atoms with Crippen LogP contribution in [0.3, 0.4) is 0 Å². The molecule has 0 unspecified atom stereocenters. The number of aromatic nitrogens is 2. The normalized spacial score (nSPS) is 9.07. The lowest BCUT2D eigenvalue weighted by molar-refractivity contribution is 0.0599. The van der Waals surface area contributed by atoms with Crippen LogP contribution in [-0.2, 0) is 9.57 Å². The van der Waals surface area contributed by atoms with Gasteiger partial charge in [0.1, 0.15) is 18.5 Å². The van der Waals surface area contributed by atoms with Gasteiger partial charge in [0.25, 0.3) is 0 Å². The van der Waals surface area contributed by atoms with E-state index in [4.69, 9.17) is 11.3 Å². The van der Waals surface area contributed by atoms with E-state index in [0.717, 1.165) is 0 Å². The van der Waals surface area contributed by atoms with Gasteiger partial charge in [0, 0.05) is 6.20 Å². The first-order valence-corrected chi connectivity index (χ1v) is 3.99. The van der Waals surface area contributed by atoms with Crippen molar-refractivity contribution in [2.24, 2.45) is 0 Å². The number of nitrogens with one attached hydrogen (secondary N) is 1. The number of rotatable bonds is 4. The fraction of sp³-hybridized carbons (Fsp3) is 0.222. The van der Waals surface area contributed by atoms with E-state index in [1.54, 1.807) is 0 Å². The van der Waals surface area contributed by atoms with Crippen LogP contribution in [0.1, 0.15) is 10.4 Å². The summed E-state index contributed by atoms with van der Waals surface area (Å²) in [6, 6.07) is 0. The monoisotopic (exact) mass is 207 g/mol. The zero-order chi connectivity index (χ0) is 11.1. The summed E-state index contributed by atoms with van der Waals surface area (Å²) in [4.78, 5) is 23.5. The Morgan fingerprint density at radius 2 is 2.53 bits per heavy atom. The third-order valence-electron chi connectivity index (χ3n) is 1.44. The summed E-state index contributed by atoms with van der Waals surface area (Å²) in [7, 11) is 1.27. The number of carbonyl (C=O) groups excluding carboxylic acids is 1. The molecule has 1 N–H and O–H groups in total. The highest BCUT2D eigenvalue weighted by atomic mass is 16.6. The maximum atomic E-state index is 11.2. The van der Waals surface area contributed by atoms with Gasteiger partial charge < -0.3 is 4.74 Å². The molecular weight excluding hydrogens is 198 g/mol. The molecule has 0 atom stereocenters. The Morgan fingerprint density at radius 3 is 3.20 bits per heavy atom. The first kappa shape index (κ1) is 10.9. The first-order chi connectivity index (χ1) is 7.29. The molecule has 1 aromatic heterocycles. The molecule has 6 nitrogen and oxygen atoms in total. The van der Waals surface area contributed by atoms with Crippen LogP contribution < -0.4 is 5.48 Å². The number of anilines is 1. The smallest absolute Gasteiger partial charge is 0.343 e. The summed E-state index contributed by atoms with van der Waals surface area (Å²) < 4.78 is 4.53. The van der Waals surface area contributed by atoms with E-state index in [2.05, 4.69) is 26.1 Å². The molecule has 0 spiro atoms. The van der Waals surface area contributed by atoms with Gasteiger partial charge >= 0.3 is 5.97 Å². The summed E-state index contributed by atoms with van der Waals surface area (Å²) >= 11 is 0. The molecule has 0 fully saturated rings. The molecule has 0 aliphatic rings. The van der Waals surface area contributed by atoms with Crippen molar-refractivity contribution in [1.29, 1.82) is 0 Å². The van der Waals surface area contributed by atoms with Crippen molar-refractivity contribution in [2.45, 2.75) is 0 Å². The van der Waals surface area contributed by atoms with Crippen molar-refractivity contribution in [3.05, 3.63) is 18.1 Å². The van der Waals surface area contributed by atoms with Crippen LogP contribution in [0.15, 0.2) is 12.5 Å². The Balaban J connectivity index is 2.78. The van der Waals surface area contributed by atoms with Gasteiger partial charge in [-0.1, -0.05) is 5.92 Å². The van der Waals surface area contributed by atoms with Gasteiger partial charge in [-0.2, -0.15) is 0 Å². The lowest BCUT2D eigenvalue weighted by atomic mass is 10.3. The Morgan fingerprint density at radius 1 is 1.73 bits per heavy atom. The molecule has 1 aromatic rings. The van der Waals surface area contributed by atoms with Crippen molar-refractivity contribution in [2.75, 3.05) is 19.2 Å². The highest BCUT2D eigenvalue weighted by molar-refractivity contribution is 5.93. The van der Waals surface area contributed by atoms with E-state index in [-0.39, 0.29) is 18.0 Å². The number of hydrogen-bond acceptors (Lipinski definition) is 6. The van der Waals surface area contributed by atoms with Crippen LogP contribution in [0.2, 0.25) is 0 Å². The number of carbonyl (C=O) groups is 1. The fourth-order valence-electron chi connectivity index (χ4n) is 0.816. The number of methoxy groups -OCH3 is 1. The topological polar surface area (TPSA) is 73.3 Å². The summed E-state index contributed by atoms with van der Waals surface area (Å²) in [6.07, 6.45) is 7.57. The zero-order valence-electron chi connectivity index (χ0n) is 8.06. The van der Waals surface area contributed by atoms with Crippen molar-refractivity contribution in [1.82, 2.24) is 9.97 Å². The van der Waals surface area contributed by atoms with Crippen molar-refractivity contribution >= 4 is 11.8 Å². The number of hydrogen-bond donors (Lipinski definition) is 1. The van der Waals surface area contributed by atoms with E-state index in [1.165, 1.54) is 19.6 Å². The SMILES string of the molecule is C#CCONc1ncncc1C(=O)OC. The molecule has 0 aromatic carbocycles. The van der Waals surface area contributed by atoms with Gasteiger partial charge in [-0.05, 0) is 0 Å². The highest BCUT2D eigenvalue weighted by Gasteiger charge is 2.12. The molecule has 0 aliphatic carbocycles. The lowest BCUT2D eigenvalue weighted by Crippen LogP contribution is -2.11. The average molecular weight is 207 g/mol. The molecule has 0 amide bonds. The molecular formula is C9H9N3O3. The molecule has 0 bridgehead atoms. The number of nitrogens with zero attached hydrogens (tertiary/aromatic N) is 2. The van der Waals surface area contributed by atoms with Crippen LogP contribution in [-0.4, -0.2) is 29.7 Å². The summed E-state index contributed by atoms with van der Waals surface area (Å²) in [5, 5.41) is 0. The van der Waals surface area contributed by atoms with Crippen LogP contribution >= 0.6 is 0 Å². The van der Waals surface area contributed by atoms with E-state index in [1.807, 2.05) is 0 Å². The van der Waals surface area contributed by atoms with Crippen LogP contribution in [0.25, 0.3) is 0 Å². The molecule has 0 radical (unpaired) electrons. The third-order valence-corrected chi connectivity index (χ3v) is 1.44. The minimum absolute atomic E-state index is 0.0601. The van der Waals surface area contributed by atoms with Gasteiger partial charge in [-0.3, -0.25) is 4.84 Å². The van der Waals surface area contributed by atoms with Crippen LogP contribution in [0, 0.1) is 12.3 Å². The second-order valence-corrected chi connectivity index (χ2v) is 2.37. The van der Waals surface area contributed by atoms with E-state index in [0.29, 0.717) is 0 Å². The highest BCUT2D eigenvalue weighted by Crippen LogP contribution is 2.10. The second kappa shape index (κ2) is 5.57. The molecule has 1 rings (SSSR count).